The van der Waals surface area contributed by atoms with Crippen LogP contribution in [0.3, 0.4) is 0 Å². The summed E-state index contributed by atoms with van der Waals surface area (Å²) in [6.07, 6.45) is 1.24. The van der Waals surface area contributed by atoms with E-state index in [4.69, 9.17) is 9.47 Å². The van der Waals surface area contributed by atoms with Gasteiger partial charge in [0.25, 0.3) is 11.8 Å². The van der Waals surface area contributed by atoms with Crippen molar-refractivity contribution in [2.75, 3.05) is 50.1 Å². The summed E-state index contributed by atoms with van der Waals surface area (Å²) in [6.45, 7) is 3.35. The molecule has 4 rings (SSSR count). The van der Waals surface area contributed by atoms with Crippen LogP contribution in [0.2, 0.25) is 0 Å². The molecule has 2 aromatic carbocycles. The van der Waals surface area contributed by atoms with Crippen molar-refractivity contribution in [3.63, 3.8) is 0 Å². The summed E-state index contributed by atoms with van der Waals surface area (Å²) in [5, 5.41) is 2.87. The smallest absolute Gasteiger partial charge is 0.254 e. The van der Waals surface area contributed by atoms with Crippen molar-refractivity contribution in [1.29, 1.82) is 0 Å². The van der Waals surface area contributed by atoms with Gasteiger partial charge in [-0.1, -0.05) is 18.2 Å². The second kappa shape index (κ2) is 9.17. The van der Waals surface area contributed by atoms with E-state index in [2.05, 4.69) is 10.2 Å². The Morgan fingerprint density at radius 2 is 1.87 bits per heavy atom. The Bertz CT molecular complexity index is 903. The molecule has 1 N–H and O–H groups in total. The van der Waals surface area contributed by atoms with Gasteiger partial charge in [-0.25, -0.2) is 0 Å². The van der Waals surface area contributed by atoms with Gasteiger partial charge in [0.05, 0.1) is 12.8 Å². The predicted molar refractivity (Wildman–Crippen MR) is 115 cm³/mol. The van der Waals surface area contributed by atoms with Crippen molar-refractivity contribution in [2.45, 2.75) is 18.9 Å². The summed E-state index contributed by atoms with van der Waals surface area (Å²) in [5.74, 6) is 0.664. The molecule has 7 nitrogen and oxygen atoms in total. The molecule has 0 aromatic heterocycles. The van der Waals surface area contributed by atoms with Crippen LogP contribution in [0.5, 0.6) is 5.75 Å². The second-order valence-corrected chi connectivity index (χ2v) is 7.52. The Hall–Kier alpha value is -3.06. The maximum absolute atomic E-state index is 13.0. The summed E-state index contributed by atoms with van der Waals surface area (Å²) >= 11 is 0. The third-order valence-corrected chi connectivity index (χ3v) is 5.59. The number of hydrogen-bond acceptors (Lipinski definition) is 5. The molecule has 2 fully saturated rings. The van der Waals surface area contributed by atoms with Gasteiger partial charge in [0, 0.05) is 44.0 Å². The molecule has 2 amide bonds. The van der Waals surface area contributed by atoms with Gasteiger partial charge in [-0.2, -0.15) is 0 Å². The molecular formula is C23H27N3O4. The highest BCUT2D eigenvalue weighted by molar-refractivity contribution is 5.98. The van der Waals surface area contributed by atoms with E-state index in [1.54, 1.807) is 31.4 Å². The van der Waals surface area contributed by atoms with E-state index < -0.39 is 6.10 Å². The van der Waals surface area contributed by atoms with Crippen molar-refractivity contribution in [3.05, 3.63) is 54.1 Å². The average Bonchev–Trinajstić information content (AvgIpc) is 3.34. The van der Waals surface area contributed by atoms with E-state index in [0.29, 0.717) is 30.9 Å². The molecule has 2 aliphatic rings. The van der Waals surface area contributed by atoms with E-state index in [1.165, 1.54) is 0 Å². The van der Waals surface area contributed by atoms with E-state index in [9.17, 15) is 9.59 Å². The van der Waals surface area contributed by atoms with E-state index in [0.717, 1.165) is 37.4 Å². The fraction of sp³-hybridized carbons (Fsp3) is 0.391. The zero-order chi connectivity index (χ0) is 20.9. The number of amides is 2. The second-order valence-electron chi connectivity index (χ2n) is 7.52. The number of nitrogens with one attached hydrogen (secondary N) is 1. The third kappa shape index (κ3) is 4.41. The highest BCUT2D eigenvalue weighted by Gasteiger charge is 2.25. The number of rotatable bonds is 5. The van der Waals surface area contributed by atoms with Gasteiger partial charge in [0.1, 0.15) is 11.9 Å². The molecule has 0 radical (unpaired) electrons. The van der Waals surface area contributed by atoms with Gasteiger partial charge in [-0.05, 0) is 43.2 Å². The molecule has 7 heteroatoms. The molecule has 0 spiro atoms. The molecular weight excluding hydrogens is 382 g/mol. The Balaban J connectivity index is 1.37. The van der Waals surface area contributed by atoms with E-state index in [1.807, 2.05) is 29.2 Å². The van der Waals surface area contributed by atoms with Crippen molar-refractivity contribution in [3.8, 4) is 5.75 Å². The summed E-state index contributed by atoms with van der Waals surface area (Å²) in [5.41, 5.74) is 2.24. The zero-order valence-electron chi connectivity index (χ0n) is 17.2. The summed E-state index contributed by atoms with van der Waals surface area (Å²) in [6, 6.07) is 15.0. The lowest BCUT2D eigenvalue weighted by atomic mass is 10.1. The molecule has 2 heterocycles. The fourth-order valence-electron chi connectivity index (χ4n) is 3.96. The molecule has 2 aliphatic heterocycles. The lowest BCUT2D eigenvalue weighted by Crippen LogP contribution is -2.48. The number of para-hydroxylation sites is 2. The quantitative estimate of drug-likeness (QED) is 0.822. The van der Waals surface area contributed by atoms with Crippen LogP contribution in [0.15, 0.2) is 48.5 Å². The minimum absolute atomic E-state index is 0.0251. The first kappa shape index (κ1) is 20.2. The Kier molecular flexibility index (Phi) is 6.18. The highest BCUT2D eigenvalue weighted by Crippen LogP contribution is 2.28. The van der Waals surface area contributed by atoms with Crippen molar-refractivity contribution in [1.82, 2.24) is 4.90 Å². The molecule has 0 saturated carbocycles. The molecule has 0 bridgehead atoms. The monoisotopic (exact) mass is 409 g/mol. The number of ether oxygens (including phenoxy) is 2. The molecule has 158 valence electrons. The van der Waals surface area contributed by atoms with Crippen LogP contribution in [0.25, 0.3) is 0 Å². The number of carbonyl (C=O) groups is 2. The van der Waals surface area contributed by atoms with Gasteiger partial charge in [0.2, 0.25) is 0 Å². The van der Waals surface area contributed by atoms with Gasteiger partial charge < -0.3 is 24.6 Å². The number of carbonyl (C=O) groups excluding carboxylic acids is 2. The minimum atomic E-state index is -0.396. The van der Waals surface area contributed by atoms with Crippen molar-refractivity contribution in [2.24, 2.45) is 0 Å². The van der Waals surface area contributed by atoms with Crippen LogP contribution in [0.1, 0.15) is 23.2 Å². The molecule has 30 heavy (non-hydrogen) atoms. The lowest BCUT2D eigenvalue weighted by molar-refractivity contribution is -0.124. The topological polar surface area (TPSA) is 71.1 Å². The summed E-state index contributed by atoms with van der Waals surface area (Å²) in [7, 11) is 1.67. The van der Waals surface area contributed by atoms with Crippen LogP contribution < -0.4 is 15.0 Å². The summed E-state index contributed by atoms with van der Waals surface area (Å²) in [4.78, 5) is 29.4. The van der Waals surface area contributed by atoms with Gasteiger partial charge in [-0.15, -0.1) is 0 Å². The minimum Gasteiger partial charge on any atom is -0.495 e. The molecule has 1 atom stereocenters. The van der Waals surface area contributed by atoms with Crippen LogP contribution >= 0.6 is 0 Å². The van der Waals surface area contributed by atoms with Gasteiger partial charge in [0.15, 0.2) is 0 Å². The van der Waals surface area contributed by atoms with E-state index >= 15 is 0 Å². The zero-order valence-corrected chi connectivity index (χ0v) is 17.2. The first-order chi connectivity index (χ1) is 14.7. The molecule has 2 aromatic rings. The van der Waals surface area contributed by atoms with Crippen LogP contribution in [-0.4, -0.2) is 62.7 Å². The molecule has 2 saturated heterocycles. The van der Waals surface area contributed by atoms with Gasteiger partial charge in [-0.3, -0.25) is 9.59 Å². The Morgan fingerprint density at radius 1 is 1.07 bits per heavy atom. The highest BCUT2D eigenvalue weighted by atomic mass is 16.5. The van der Waals surface area contributed by atoms with Crippen LogP contribution in [0, 0.1) is 0 Å². The number of benzene rings is 2. The Labute approximate surface area is 176 Å². The Morgan fingerprint density at radius 3 is 2.60 bits per heavy atom. The maximum atomic E-state index is 13.0. The first-order valence-electron chi connectivity index (χ1n) is 10.4. The predicted octanol–water partition coefficient (Wildman–Crippen LogP) is 2.78. The standard InChI is InChI=1S/C23H27N3O4/c1-29-20-9-3-2-8-19(20)25-11-13-26(14-12-25)23(28)17-6-4-7-18(16-17)24-22(27)21-10-5-15-30-21/h2-4,6-9,16,21H,5,10-15H2,1H3,(H,24,27). The third-order valence-electron chi connectivity index (χ3n) is 5.59. The van der Waals surface area contributed by atoms with Crippen LogP contribution in [0.4, 0.5) is 11.4 Å². The molecule has 0 aliphatic carbocycles. The number of methoxy groups -OCH3 is 1. The van der Waals surface area contributed by atoms with Crippen molar-refractivity contribution < 1.29 is 19.1 Å². The first-order valence-corrected chi connectivity index (χ1v) is 10.4. The number of piperazine rings is 1. The van der Waals surface area contributed by atoms with Crippen molar-refractivity contribution >= 4 is 23.2 Å². The largest absolute Gasteiger partial charge is 0.495 e. The summed E-state index contributed by atoms with van der Waals surface area (Å²) < 4.78 is 10.9. The number of nitrogens with zero attached hydrogens (tertiary/aromatic N) is 2. The normalized spacial score (nSPS) is 18.9. The average molecular weight is 409 g/mol. The SMILES string of the molecule is COc1ccccc1N1CCN(C(=O)c2cccc(NC(=O)C3CCCO3)c2)CC1. The fourth-order valence-corrected chi connectivity index (χ4v) is 3.96. The number of hydrogen-bond donors (Lipinski definition) is 1. The van der Waals surface area contributed by atoms with Gasteiger partial charge >= 0.3 is 0 Å². The van der Waals surface area contributed by atoms with Crippen LogP contribution in [-0.2, 0) is 9.53 Å². The lowest BCUT2D eigenvalue weighted by Gasteiger charge is -2.36. The van der Waals surface area contributed by atoms with E-state index in [-0.39, 0.29) is 11.8 Å². The maximum Gasteiger partial charge on any atom is 0.254 e. The molecule has 1 unspecified atom stereocenters. The number of anilines is 2.